The molecule has 3 atom stereocenters. The first-order valence-electron chi connectivity index (χ1n) is 10.6. The molecule has 2 fully saturated rings. The molecule has 1 saturated heterocycles. The van der Waals surface area contributed by atoms with E-state index in [0.717, 1.165) is 43.7 Å². The van der Waals surface area contributed by atoms with Crippen molar-refractivity contribution in [1.82, 2.24) is 4.90 Å². The molecule has 1 saturated carbocycles. The Labute approximate surface area is 163 Å². The van der Waals surface area contributed by atoms with Gasteiger partial charge in [0.1, 0.15) is 0 Å². The largest absolute Gasteiger partial charge is 0.490 e. The summed E-state index contributed by atoms with van der Waals surface area (Å²) >= 11 is 0. The van der Waals surface area contributed by atoms with Crippen molar-refractivity contribution in [3.63, 3.8) is 0 Å². The number of fused-ring (bicyclic) bond motifs is 1. The lowest BCUT2D eigenvalue weighted by Gasteiger charge is -2.40. The van der Waals surface area contributed by atoms with Crippen LogP contribution in [0.15, 0.2) is 30.4 Å². The number of aliphatic hydroxyl groups is 1. The Hall–Kier alpha value is -1.52. The van der Waals surface area contributed by atoms with E-state index in [0.29, 0.717) is 18.8 Å². The normalized spacial score (nSPS) is 31.7. The molecule has 4 heteroatoms. The first kappa shape index (κ1) is 18.8. The average Bonchev–Trinajstić information content (AvgIpc) is 3.02. The number of rotatable bonds is 5. The van der Waals surface area contributed by atoms with E-state index in [-0.39, 0.29) is 11.5 Å². The molecule has 4 nitrogen and oxygen atoms in total. The molecular weight excluding hydrogens is 338 g/mol. The molecule has 0 unspecified atom stereocenters. The van der Waals surface area contributed by atoms with Crippen LogP contribution in [-0.4, -0.2) is 48.5 Å². The number of benzene rings is 1. The lowest BCUT2D eigenvalue weighted by Crippen LogP contribution is -2.44. The summed E-state index contributed by atoms with van der Waals surface area (Å²) in [6.07, 6.45) is 12.2. The van der Waals surface area contributed by atoms with Crippen LogP contribution in [0.1, 0.15) is 57.4 Å². The molecule has 1 aromatic rings. The van der Waals surface area contributed by atoms with Crippen molar-refractivity contribution in [1.29, 1.82) is 0 Å². The van der Waals surface area contributed by atoms with Gasteiger partial charge in [-0.3, -0.25) is 0 Å². The number of hydrogen-bond donors (Lipinski definition) is 1. The first-order valence-corrected chi connectivity index (χ1v) is 10.6. The van der Waals surface area contributed by atoms with Crippen LogP contribution in [0.25, 0.3) is 0 Å². The van der Waals surface area contributed by atoms with Crippen molar-refractivity contribution in [3.8, 4) is 11.5 Å². The molecule has 0 amide bonds. The van der Waals surface area contributed by atoms with Crippen LogP contribution in [0.5, 0.6) is 11.5 Å². The van der Waals surface area contributed by atoms with Gasteiger partial charge in [-0.15, -0.1) is 0 Å². The molecule has 27 heavy (non-hydrogen) atoms. The monoisotopic (exact) mass is 371 g/mol. The number of hydrogen-bond acceptors (Lipinski definition) is 4. The molecular formula is C23H33NO3. The molecule has 0 radical (unpaired) electrons. The predicted octanol–water partition coefficient (Wildman–Crippen LogP) is 4.06. The lowest BCUT2D eigenvalue weighted by atomic mass is 9.69. The highest BCUT2D eigenvalue weighted by molar-refractivity contribution is 5.49. The van der Waals surface area contributed by atoms with Crippen LogP contribution < -0.4 is 9.47 Å². The van der Waals surface area contributed by atoms with Crippen LogP contribution in [0.4, 0.5) is 0 Å². The summed E-state index contributed by atoms with van der Waals surface area (Å²) in [5.74, 6) is 1.74. The van der Waals surface area contributed by atoms with E-state index in [9.17, 15) is 5.11 Å². The summed E-state index contributed by atoms with van der Waals surface area (Å²) in [6, 6.07) is 6.83. The molecule has 1 heterocycles. The van der Waals surface area contributed by atoms with E-state index < -0.39 is 0 Å². The fourth-order valence-corrected chi connectivity index (χ4v) is 5.21. The van der Waals surface area contributed by atoms with Crippen molar-refractivity contribution >= 4 is 0 Å². The van der Waals surface area contributed by atoms with Gasteiger partial charge in [0, 0.05) is 11.5 Å². The van der Waals surface area contributed by atoms with Crippen molar-refractivity contribution in [2.45, 2.75) is 75.5 Å². The number of likely N-dealkylation sites (N-methyl/N-ethyl adjacent to an activating group) is 1. The zero-order valence-electron chi connectivity index (χ0n) is 16.7. The molecule has 3 aliphatic rings. The van der Waals surface area contributed by atoms with E-state index in [1.807, 2.05) is 13.0 Å². The molecule has 148 valence electrons. The smallest absolute Gasteiger partial charge is 0.161 e. The molecule has 4 rings (SSSR count). The molecule has 0 aromatic heterocycles. The third kappa shape index (κ3) is 3.62. The van der Waals surface area contributed by atoms with Gasteiger partial charge in [0.25, 0.3) is 0 Å². The summed E-state index contributed by atoms with van der Waals surface area (Å²) in [5, 5.41) is 10.2. The van der Waals surface area contributed by atoms with Gasteiger partial charge in [-0.1, -0.05) is 24.6 Å². The van der Waals surface area contributed by atoms with E-state index in [1.165, 1.54) is 24.8 Å². The summed E-state index contributed by atoms with van der Waals surface area (Å²) in [7, 11) is 2.17. The molecule has 1 aliphatic heterocycles. The van der Waals surface area contributed by atoms with Crippen molar-refractivity contribution in [2.75, 3.05) is 20.2 Å². The van der Waals surface area contributed by atoms with E-state index >= 15 is 0 Å². The Bertz CT molecular complexity index is 682. The minimum atomic E-state index is -0.343. The minimum Gasteiger partial charge on any atom is -0.490 e. The molecule has 1 aromatic carbocycles. The van der Waals surface area contributed by atoms with E-state index in [1.54, 1.807) is 0 Å². The quantitative estimate of drug-likeness (QED) is 0.793. The van der Waals surface area contributed by atoms with Gasteiger partial charge >= 0.3 is 0 Å². The Morgan fingerprint density at radius 2 is 2.00 bits per heavy atom. The van der Waals surface area contributed by atoms with Gasteiger partial charge in [-0.25, -0.2) is 0 Å². The molecule has 1 N–H and O–H groups in total. The van der Waals surface area contributed by atoms with Crippen LogP contribution in [0, 0.1) is 0 Å². The summed E-state index contributed by atoms with van der Waals surface area (Å²) in [5.41, 5.74) is 1.25. The highest BCUT2D eigenvalue weighted by Crippen LogP contribution is 2.47. The SMILES string of the molecule is CCOc1ccc([C@@]23C=C[C@@H](O)C[C@@H]2N(C)CC3)cc1OC1CCCCC1. The zero-order chi connectivity index (χ0) is 18.9. The maximum Gasteiger partial charge on any atom is 0.161 e. The van der Waals surface area contributed by atoms with Gasteiger partial charge in [0.05, 0.1) is 18.8 Å². The van der Waals surface area contributed by atoms with Gasteiger partial charge in [-0.2, -0.15) is 0 Å². The summed E-state index contributed by atoms with van der Waals surface area (Å²) < 4.78 is 12.3. The van der Waals surface area contributed by atoms with Gasteiger partial charge in [0.15, 0.2) is 11.5 Å². The van der Waals surface area contributed by atoms with Gasteiger partial charge in [-0.05, 0) is 76.7 Å². The highest BCUT2D eigenvalue weighted by Gasteiger charge is 2.48. The fraction of sp³-hybridized carbons (Fsp3) is 0.652. The lowest BCUT2D eigenvalue weighted by molar-refractivity contribution is 0.136. The third-order valence-electron chi connectivity index (χ3n) is 6.71. The van der Waals surface area contributed by atoms with E-state index in [2.05, 4.69) is 36.2 Å². The van der Waals surface area contributed by atoms with E-state index in [4.69, 9.17) is 9.47 Å². The zero-order valence-corrected chi connectivity index (χ0v) is 16.7. The predicted molar refractivity (Wildman–Crippen MR) is 108 cm³/mol. The number of likely N-dealkylation sites (tertiary alicyclic amines) is 1. The van der Waals surface area contributed by atoms with Gasteiger partial charge in [0.2, 0.25) is 0 Å². The molecule has 2 aliphatic carbocycles. The summed E-state index contributed by atoms with van der Waals surface area (Å²) in [4.78, 5) is 2.39. The third-order valence-corrected chi connectivity index (χ3v) is 6.71. The number of aliphatic hydroxyl groups excluding tert-OH is 1. The number of ether oxygens (including phenoxy) is 2. The Kier molecular flexibility index (Phi) is 5.47. The van der Waals surface area contributed by atoms with Crippen LogP contribution in [0.2, 0.25) is 0 Å². The first-order chi connectivity index (χ1) is 13.1. The second kappa shape index (κ2) is 7.84. The Morgan fingerprint density at radius 1 is 1.19 bits per heavy atom. The minimum absolute atomic E-state index is 0.0383. The highest BCUT2D eigenvalue weighted by atomic mass is 16.5. The fourth-order valence-electron chi connectivity index (χ4n) is 5.21. The average molecular weight is 372 g/mol. The summed E-state index contributed by atoms with van der Waals surface area (Å²) in [6.45, 7) is 3.71. The topological polar surface area (TPSA) is 41.9 Å². The van der Waals surface area contributed by atoms with Crippen molar-refractivity contribution in [3.05, 3.63) is 35.9 Å². The van der Waals surface area contributed by atoms with Crippen molar-refractivity contribution in [2.24, 2.45) is 0 Å². The Balaban J connectivity index is 1.68. The van der Waals surface area contributed by atoms with Crippen LogP contribution in [-0.2, 0) is 5.41 Å². The maximum atomic E-state index is 10.2. The van der Waals surface area contributed by atoms with Crippen LogP contribution in [0.3, 0.4) is 0 Å². The standard InChI is InChI=1S/C23H33NO3/c1-3-26-20-10-9-17(15-21(20)27-19-7-5-4-6-8-19)23-12-11-18(25)16-22(23)24(2)14-13-23/h9-12,15,18-19,22,25H,3-8,13-14,16H2,1-2H3/t18-,22+,23+/m1/s1. The van der Waals surface area contributed by atoms with Gasteiger partial charge < -0.3 is 19.5 Å². The Morgan fingerprint density at radius 3 is 2.78 bits per heavy atom. The maximum absolute atomic E-state index is 10.2. The van der Waals surface area contributed by atoms with Crippen molar-refractivity contribution < 1.29 is 14.6 Å². The second-order valence-corrected chi connectivity index (χ2v) is 8.42. The molecule has 0 bridgehead atoms. The molecule has 0 spiro atoms. The second-order valence-electron chi connectivity index (χ2n) is 8.42. The number of nitrogens with zero attached hydrogens (tertiary/aromatic N) is 1. The van der Waals surface area contributed by atoms with Crippen LogP contribution >= 0.6 is 0 Å².